The van der Waals surface area contributed by atoms with Crippen molar-refractivity contribution in [1.82, 2.24) is 0 Å². The highest BCUT2D eigenvalue weighted by molar-refractivity contribution is 5.93. The number of nitrogen functional groups attached to an aromatic ring is 1. The van der Waals surface area contributed by atoms with Crippen LogP contribution in [0.3, 0.4) is 0 Å². The minimum atomic E-state index is -0.0536. The first kappa shape index (κ1) is 15.9. The van der Waals surface area contributed by atoms with Crippen molar-refractivity contribution in [3.8, 4) is 5.75 Å². The standard InChI is InChI=1S/C18H22N2O2/c1-13-9-10-17(14(2)12-13)22-11-5-8-18(21)20-16-7-4-3-6-15(16)19/h3-4,6-7,9-10,12H,5,8,11,19H2,1-2H3,(H,20,21). The molecule has 0 bridgehead atoms. The van der Waals surface area contributed by atoms with E-state index in [4.69, 9.17) is 10.5 Å². The Labute approximate surface area is 131 Å². The van der Waals surface area contributed by atoms with Crippen molar-refractivity contribution >= 4 is 17.3 Å². The zero-order valence-corrected chi connectivity index (χ0v) is 13.1. The molecule has 0 aliphatic carbocycles. The smallest absolute Gasteiger partial charge is 0.224 e. The first-order chi connectivity index (χ1) is 10.6. The van der Waals surface area contributed by atoms with Crippen molar-refractivity contribution in [3.63, 3.8) is 0 Å². The molecular weight excluding hydrogens is 276 g/mol. The van der Waals surface area contributed by atoms with Crippen LogP contribution in [-0.2, 0) is 4.79 Å². The molecule has 0 saturated carbocycles. The molecular formula is C18H22N2O2. The normalized spacial score (nSPS) is 10.3. The molecule has 0 fully saturated rings. The van der Waals surface area contributed by atoms with Gasteiger partial charge in [-0.2, -0.15) is 0 Å². The van der Waals surface area contributed by atoms with Crippen LogP contribution in [0.4, 0.5) is 11.4 Å². The van der Waals surface area contributed by atoms with E-state index < -0.39 is 0 Å². The van der Waals surface area contributed by atoms with Gasteiger partial charge in [0.15, 0.2) is 0 Å². The van der Waals surface area contributed by atoms with E-state index in [2.05, 4.69) is 18.3 Å². The number of amides is 1. The van der Waals surface area contributed by atoms with E-state index in [1.807, 2.05) is 31.2 Å². The Hall–Kier alpha value is -2.49. The van der Waals surface area contributed by atoms with Gasteiger partial charge in [0.1, 0.15) is 5.75 Å². The third kappa shape index (κ3) is 4.52. The molecule has 0 aliphatic heterocycles. The summed E-state index contributed by atoms with van der Waals surface area (Å²) >= 11 is 0. The maximum absolute atomic E-state index is 11.9. The second kappa shape index (κ2) is 7.50. The van der Waals surface area contributed by atoms with Crippen molar-refractivity contribution in [2.24, 2.45) is 0 Å². The monoisotopic (exact) mass is 298 g/mol. The molecule has 0 aliphatic rings. The summed E-state index contributed by atoms with van der Waals surface area (Å²) in [6, 6.07) is 13.3. The maximum Gasteiger partial charge on any atom is 0.224 e. The van der Waals surface area contributed by atoms with Gasteiger partial charge in [-0.3, -0.25) is 4.79 Å². The first-order valence-electron chi connectivity index (χ1n) is 7.40. The molecule has 0 spiro atoms. The highest BCUT2D eigenvalue weighted by Crippen LogP contribution is 2.19. The number of benzene rings is 2. The van der Waals surface area contributed by atoms with Gasteiger partial charge in [-0.15, -0.1) is 0 Å². The van der Waals surface area contributed by atoms with Crippen LogP contribution in [0.15, 0.2) is 42.5 Å². The van der Waals surface area contributed by atoms with Crippen molar-refractivity contribution in [2.45, 2.75) is 26.7 Å². The average Bonchev–Trinajstić information content (AvgIpc) is 2.48. The lowest BCUT2D eigenvalue weighted by Crippen LogP contribution is -2.14. The van der Waals surface area contributed by atoms with Crippen molar-refractivity contribution in [2.75, 3.05) is 17.7 Å². The van der Waals surface area contributed by atoms with E-state index in [0.717, 1.165) is 11.3 Å². The Morgan fingerprint density at radius 2 is 1.95 bits per heavy atom. The molecule has 2 aromatic rings. The van der Waals surface area contributed by atoms with Crippen LogP contribution < -0.4 is 15.8 Å². The van der Waals surface area contributed by atoms with E-state index in [9.17, 15) is 4.79 Å². The summed E-state index contributed by atoms with van der Waals surface area (Å²) in [4.78, 5) is 11.9. The summed E-state index contributed by atoms with van der Waals surface area (Å²) in [6.45, 7) is 4.59. The molecule has 3 N–H and O–H groups in total. The summed E-state index contributed by atoms with van der Waals surface area (Å²) in [5, 5.41) is 2.81. The Morgan fingerprint density at radius 3 is 2.68 bits per heavy atom. The lowest BCUT2D eigenvalue weighted by Gasteiger charge is -2.10. The minimum absolute atomic E-state index is 0.0536. The molecule has 4 nitrogen and oxygen atoms in total. The van der Waals surface area contributed by atoms with Crippen molar-refractivity contribution in [1.29, 1.82) is 0 Å². The van der Waals surface area contributed by atoms with Crippen LogP contribution in [-0.4, -0.2) is 12.5 Å². The molecule has 4 heteroatoms. The van der Waals surface area contributed by atoms with Gasteiger partial charge < -0.3 is 15.8 Å². The maximum atomic E-state index is 11.9. The number of aryl methyl sites for hydroxylation is 2. The highest BCUT2D eigenvalue weighted by atomic mass is 16.5. The SMILES string of the molecule is Cc1ccc(OCCCC(=O)Nc2ccccc2N)c(C)c1. The predicted octanol–water partition coefficient (Wildman–Crippen LogP) is 3.68. The van der Waals surface area contributed by atoms with Crippen LogP contribution in [0, 0.1) is 13.8 Å². The Bertz CT molecular complexity index is 653. The van der Waals surface area contributed by atoms with Gasteiger partial charge in [-0.1, -0.05) is 29.8 Å². The minimum Gasteiger partial charge on any atom is -0.493 e. The molecule has 2 aromatic carbocycles. The number of rotatable bonds is 6. The van der Waals surface area contributed by atoms with Crippen LogP contribution in [0.2, 0.25) is 0 Å². The Morgan fingerprint density at radius 1 is 1.18 bits per heavy atom. The third-order valence-corrected chi connectivity index (χ3v) is 3.37. The molecule has 116 valence electrons. The number of nitrogens with one attached hydrogen (secondary N) is 1. The molecule has 1 amide bonds. The second-order valence-corrected chi connectivity index (χ2v) is 5.36. The van der Waals surface area contributed by atoms with Gasteiger partial charge in [0.05, 0.1) is 18.0 Å². The quantitative estimate of drug-likeness (QED) is 0.631. The first-order valence-corrected chi connectivity index (χ1v) is 7.40. The Balaban J connectivity index is 1.74. The number of carbonyl (C=O) groups is 1. The molecule has 0 atom stereocenters. The number of hydrogen-bond donors (Lipinski definition) is 2. The fourth-order valence-electron chi connectivity index (χ4n) is 2.20. The van der Waals surface area contributed by atoms with Crippen LogP contribution in [0.1, 0.15) is 24.0 Å². The van der Waals surface area contributed by atoms with Crippen LogP contribution in [0.25, 0.3) is 0 Å². The number of nitrogens with two attached hydrogens (primary N) is 1. The van der Waals surface area contributed by atoms with E-state index in [1.54, 1.807) is 12.1 Å². The van der Waals surface area contributed by atoms with Gasteiger partial charge in [0.2, 0.25) is 5.91 Å². The zero-order chi connectivity index (χ0) is 15.9. The summed E-state index contributed by atoms with van der Waals surface area (Å²) in [7, 11) is 0. The fraction of sp³-hybridized carbons (Fsp3) is 0.278. The Kier molecular flexibility index (Phi) is 5.42. The molecule has 0 unspecified atom stereocenters. The fourth-order valence-corrected chi connectivity index (χ4v) is 2.20. The predicted molar refractivity (Wildman–Crippen MR) is 90.1 cm³/mol. The lowest BCUT2D eigenvalue weighted by atomic mass is 10.1. The van der Waals surface area contributed by atoms with Gasteiger partial charge in [-0.25, -0.2) is 0 Å². The second-order valence-electron chi connectivity index (χ2n) is 5.36. The number of hydrogen-bond acceptors (Lipinski definition) is 3. The number of anilines is 2. The zero-order valence-electron chi connectivity index (χ0n) is 13.1. The summed E-state index contributed by atoms with van der Waals surface area (Å²) in [5.74, 6) is 0.820. The highest BCUT2D eigenvalue weighted by Gasteiger charge is 2.05. The summed E-state index contributed by atoms with van der Waals surface area (Å²) in [5.41, 5.74) is 9.34. The molecule has 22 heavy (non-hydrogen) atoms. The number of ether oxygens (including phenoxy) is 1. The lowest BCUT2D eigenvalue weighted by molar-refractivity contribution is -0.116. The average molecular weight is 298 g/mol. The summed E-state index contributed by atoms with van der Waals surface area (Å²) < 4.78 is 5.71. The molecule has 0 aromatic heterocycles. The van der Waals surface area contributed by atoms with E-state index >= 15 is 0 Å². The van der Waals surface area contributed by atoms with E-state index in [1.165, 1.54) is 5.56 Å². The number of carbonyl (C=O) groups excluding carboxylic acids is 1. The summed E-state index contributed by atoms with van der Waals surface area (Å²) in [6.07, 6.45) is 1.06. The van der Waals surface area contributed by atoms with Gasteiger partial charge in [0, 0.05) is 6.42 Å². The third-order valence-electron chi connectivity index (χ3n) is 3.37. The van der Waals surface area contributed by atoms with Gasteiger partial charge >= 0.3 is 0 Å². The number of para-hydroxylation sites is 2. The largest absolute Gasteiger partial charge is 0.493 e. The van der Waals surface area contributed by atoms with Gasteiger partial charge in [-0.05, 0) is 44.0 Å². The van der Waals surface area contributed by atoms with E-state index in [0.29, 0.717) is 30.8 Å². The molecule has 0 heterocycles. The van der Waals surface area contributed by atoms with Gasteiger partial charge in [0.25, 0.3) is 0 Å². The molecule has 2 rings (SSSR count). The molecule has 0 saturated heterocycles. The van der Waals surface area contributed by atoms with Crippen LogP contribution in [0.5, 0.6) is 5.75 Å². The topological polar surface area (TPSA) is 64.3 Å². The van der Waals surface area contributed by atoms with Crippen molar-refractivity contribution < 1.29 is 9.53 Å². The van der Waals surface area contributed by atoms with Crippen LogP contribution >= 0.6 is 0 Å². The molecule has 0 radical (unpaired) electrons. The van der Waals surface area contributed by atoms with E-state index in [-0.39, 0.29) is 5.91 Å². The van der Waals surface area contributed by atoms with Crippen molar-refractivity contribution in [3.05, 3.63) is 53.6 Å².